The molecule has 1 aliphatic heterocycles. The van der Waals surface area contributed by atoms with Gasteiger partial charge in [0.05, 0.1) is 25.3 Å². The molecule has 0 spiro atoms. The lowest BCUT2D eigenvalue weighted by atomic mass is 9.98. The zero-order valence-electron chi connectivity index (χ0n) is 14.8. The molecule has 1 heterocycles. The van der Waals surface area contributed by atoms with Gasteiger partial charge in [-0.1, -0.05) is 18.2 Å². The summed E-state index contributed by atoms with van der Waals surface area (Å²) in [5, 5.41) is 14.4. The van der Waals surface area contributed by atoms with Gasteiger partial charge in [0.1, 0.15) is 11.6 Å². The van der Waals surface area contributed by atoms with Crippen LogP contribution in [0.1, 0.15) is 36.4 Å². The summed E-state index contributed by atoms with van der Waals surface area (Å²) >= 11 is 0. The Morgan fingerprint density at radius 1 is 1.19 bits per heavy atom. The van der Waals surface area contributed by atoms with Crippen LogP contribution in [0, 0.1) is 5.82 Å². The van der Waals surface area contributed by atoms with Gasteiger partial charge in [-0.15, -0.1) is 0 Å². The fraction of sp³-hybridized carbons (Fsp3) is 0.250. The van der Waals surface area contributed by atoms with Crippen molar-refractivity contribution in [1.82, 2.24) is 5.01 Å². The van der Waals surface area contributed by atoms with Crippen molar-refractivity contribution in [3.8, 4) is 5.75 Å². The maximum absolute atomic E-state index is 14.3. The maximum Gasteiger partial charge on any atom is 0.303 e. The van der Waals surface area contributed by atoms with Crippen LogP contribution in [0.15, 0.2) is 53.6 Å². The van der Waals surface area contributed by atoms with Gasteiger partial charge in [0, 0.05) is 18.4 Å². The van der Waals surface area contributed by atoms with Crippen molar-refractivity contribution >= 4 is 17.6 Å². The van der Waals surface area contributed by atoms with Crippen molar-refractivity contribution in [1.29, 1.82) is 0 Å². The van der Waals surface area contributed by atoms with Crippen molar-refractivity contribution in [3.05, 3.63) is 65.5 Å². The third-order valence-corrected chi connectivity index (χ3v) is 4.41. The van der Waals surface area contributed by atoms with E-state index in [9.17, 15) is 14.0 Å². The van der Waals surface area contributed by atoms with Crippen LogP contribution in [-0.2, 0) is 9.59 Å². The van der Waals surface area contributed by atoms with Crippen LogP contribution in [0.3, 0.4) is 0 Å². The molecule has 2 aromatic rings. The monoisotopic (exact) mass is 370 g/mol. The summed E-state index contributed by atoms with van der Waals surface area (Å²) in [7, 11) is 1.57. The normalized spacial score (nSPS) is 16.1. The number of hydrogen-bond acceptors (Lipinski definition) is 4. The molecule has 2 aromatic carbocycles. The number of carboxylic acids is 1. The number of aliphatic carboxylic acids is 1. The van der Waals surface area contributed by atoms with Gasteiger partial charge in [-0.2, -0.15) is 5.10 Å². The number of halogens is 1. The summed E-state index contributed by atoms with van der Waals surface area (Å²) in [6.45, 7) is 0. The van der Waals surface area contributed by atoms with Gasteiger partial charge in [-0.25, -0.2) is 9.40 Å². The highest BCUT2D eigenvalue weighted by Crippen LogP contribution is 2.34. The highest BCUT2D eigenvalue weighted by atomic mass is 19.1. The largest absolute Gasteiger partial charge is 0.497 e. The van der Waals surface area contributed by atoms with Gasteiger partial charge in [0.25, 0.3) is 0 Å². The molecule has 7 heteroatoms. The number of amides is 1. The van der Waals surface area contributed by atoms with E-state index in [1.165, 1.54) is 11.1 Å². The molecule has 6 nitrogen and oxygen atoms in total. The Morgan fingerprint density at radius 3 is 2.52 bits per heavy atom. The SMILES string of the molecule is COc1ccc(C2=NN(C(=O)CCC(=O)O)[C@H](c3ccccc3F)C2)cc1. The summed E-state index contributed by atoms with van der Waals surface area (Å²) in [4.78, 5) is 23.3. The summed E-state index contributed by atoms with van der Waals surface area (Å²) in [6.07, 6.45) is -0.154. The molecule has 140 valence electrons. The molecular formula is C20H19FN2O4. The first-order valence-electron chi connectivity index (χ1n) is 8.49. The predicted octanol–water partition coefficient (Wildman–Crippen LogP) is 3.38. The van der Waals surface area contributed by atoms with Crippen molar-refractivity contribution < 1.29 is 23.8 Å². The fourth-order valence-corrected chi connectivity index (χ4v) is 3.01. The number of hydrogen-bond donors (Lipinski definition) is 1. The highest BCUT2D eigenvalue weighted by molar-refractivity contribution is 6.03. The molecule has 0 aromatic heterocycles. The Labute approximate surface area is 155 Å². The van der Waals surface area contributed by atoms with Crippen LogP contribution in [0.2, 0.25) is 0 Å². The third-order valence-electron chi connectivity index (χ3n) is 4.41. The number of benzene rings is 2. The minimum absolute atomic E-state index is 0.195. The van der Waals surface area contributed by atoms with E-state index in [1.807, 2.05) is 12.1 Å². The second-order valence-corrected chi connectivity index (χ2v) is 6.15. The molecule has 0 saturated carbocycles. The molecule has 1 atom stereocenters. The van der Waals surface area contributed by atoms with E-state index in [2.05, 4.69) is 5.10 Å². The molecule has 0 radical (unpaired) electrons. The van der Waals surface area contributed by atoms with Gasteiger partial charge >= 0.3 is 5.97 Å². The van der Waals surface area contributed by atoms with Crippen LogP contribution in [-0.4, -0.2) is 34.8 Å². The number of ether oxygens (including phenoxy) is 1. The summed E-state index contributed by atoms with van der Waals surface area (Å²) in [5.74, 6) is -1.25. The van der Waals surface area contributed by atoms with E-state index in [0.717, 1.165) is 5.56 Å². The van der Waals surface area contributed by atoms with E-state index in [4.69, 9.17) is 9.84 Å². The number of carbonyl (C=O) groups excluding carboxylic acids is 1. The van der Waals surface area contributed by atoms with E-state index >= 15 is 0 Å². The van der Waals surface area contributed by atoms with Crippen molar-refractivity contribution in [3.63, 3.8) is 0 Å². The zero-order valence-corrected chi connectivity index (χ0v) is 14.8. The molecule has 27 heavy (non-hydrogen) atoms. The topological polar surface area (TPSA) is 79.2 Å². The van der Waals surface area contributed by atoms with Gasteiger partial charge in [-0.3, -0.25) is 9.59 Å². The fourth-order valence-electron chi connectivity index (χ4n) is 3.01. The van der Waals surface area contributed by atoms with Crippen LogP contribution in [0.4, 0.5) is 4.39 Å². The lowest BCUT2D eigenvalue weighted by Crippen LogP contribution is -2.28. The zero-order chi connectivity index (χ0) is 19.4. The molecule has 0 unspecified atom stereocenters. The van der Waals surface area contributed by atoms with Crippen molar-refractivity contribution in [2.75, 3.05) is 7.11 Å². The lowest BCUT2D eigenvalue weighted by molar-refractivity contribution is -0.141. The maximum atomic E-state index is 14.3. The van der Waals surface area contributed by atoms with Crippen molar-refractivity contribution in [2.24, 2.45) is 5.10 Å². The second-order valence-electron chi connectivity index (χ2n) is 6.15. The van der Waals surface area contributed by atoms with Gasteiger partial charge in [0.15, 0.2) is 0 Å². The molecule has 3 rings (SSSR count). The van der Waals surface area contributed by atoms with Gasteiger partial charge in [-0.05, 0) is 35.9 Å². The molecular weight excluding hydrogens is 351 g/mol. The first-order valence-corrected chi connectivity index (χ1v) is 8.49. The summed E-state index contributed by atoms with van der Waals surface area (Å²) in [6, 6.07) is 12.8. The first-order chi connectivity index (χ1) is 13.0. The van der Waals surface area contributed by atoms with E-state index < -0.39 is 23.7 Å². The quantitative estimate of drug-likeness (QED) is 0.845. The average molecular weight is 370 g/mol. The molecule has 0 fully saturated rings. The number of nitrogens with zero attached hydrogens (tertiary/aromatic N) is 2. The Hall–Kier alpha value is -3.22. The van der Waals surface area contributed by atoms with Crippen LogP contribution >= 0.6 is 0 Å². The first kappa shape index (κ1) is 18.6. The molecule has 0 aliphatic carbocycles. The molecule has 0 saturated heterocycles. The Morgan fingerprint density at radius 2 is 1.89 bits per heavy atom. The van der Waals surface area contributed by atoms with Crippen molar-refractivity contribution in [2.45, 2.75) is 25.3 Å². The summed E-state index contributed by atoms with van der Waals surface area (Å²) < 4.78 is 19.5. The molecule has 1 amide bonds. The minimum atomic E-state index is -1.07. The number of carboxylic acid groups (broad SMARTS) is 1. The number of hydrazone groups is 1. The van der Waals surface area contributed by atoms with E-state index in [1.54, 1.807) is 37.4 Å². The van der Waals surface area contributed by atoms with E-state index in [0.29, 0.717) is 23.4 Å². The van der Waals surface area contributed by atoms with Crippen LogP contribution in [0.5, 0.6) is 5.75 Å². The minimum Gasteiger partial charge on any atom is -0.497 e. The molecule has 1 aliphatic rings. The second kappa shape index (κ2) is 7.99. The highest BCUT2D eigenvalue weighted by Gasteiger charge is 2.34. The standard InChI is InChI=1S/C20H19FN2O4/c1-27-14-8-6-13(7-9-14)17-12-18(15-4-2-3-5-16(15)21)23(22-17)19(24)10-11-20(25)26/h2-9,18H,10-12H2,1H3,(H,25,26)/t18-/m0/s1. The molecule has 1 N–H and O–H groups in total. The predicted molar refractivity (Wildman–Crippen MR) is 97.0 cm³/mol. The van der Waals surface area contributed by atoms with E-state index in [-0.39, 0.29) is 12.8 Å². The average Bonchev–Trinajstić information content (AvgIpc) is 3.11. The van der Waals surface area contributed by atoms with Crippen LogP contribution < -0.4 is 4.74 Å². The third kappa shape index (κ3) is 4.13. The number of methoxy groups -OCH3 is 1. The van der Waals surface area contributed by atoms with Gasteiger partial charge < -0.3 is 9.84 Å². The Balaban J connectivity index is 1.91. The van der Waals surface area contributed by atoms with Crippen LogP contribution in [0.25, 0.3) is 0 Å². The Bertz CT molecular complexity index is 880. The Kier molecular flexibility index (Phi) is 5.49. The summed E-state index contributed by atoms with van der Waals surface area (Å²) in [5.41, 5.74) is 1.79. The smallest absolute Gasteiger partial charge is 0.303 e. The number of carbonyl (C=O) groups is 2. The molecule has 0 bridgehead atoms. The van der Waals surface area contributed by atoms with Gasteiger partial charge in [0.2, 0.25) is 5.91 Å². The lowest BCUT2D eigenvalue weighted by Gasteiger charge is -2.22. The number of rotatable bonds is 6.